The van der Waals surface area contributed by atoms with Gasteiger partial charge in [-0.3, -0.25) is 9.69 Å². The van der Waals surface area contributed by atoms with Crippen LogP contribution in [0.25, 0.3) is 22.4 Å². The third-order valence-corrected chi connectivity index (χ3v) is 5.54. The number of nitrogens with two attached hydrogens (primary N) is 1. The number of rotatable bonds is 4. The maximum atomic E-state index is 11.6. The lowest BCUT2D eigenvalue weighted by atomic mass is 10.2. The van der Waals surface area contributed by atoms with Gasteiger partial charge in [0.25, 0.3) is 5.91 Å². The molecule has 2 heterocycles. The molecule has 3 N–H and O–H groups in total. The van der Waals surface area contributed by atoms with Gasteiger partial charge in [0, 0.05) is 43.5 Å². The number of carbonyl (C=O) groups is 1. The number of aromatic amines is 1. The number of nitrogens with one attached hydrogen (secondary N) is 1. The van der Waals surface area contributed by atoms with E-state index in [0.29, 0.717) is 17.1 Å². The van der Waals surface area contributed by atoms with Gasteiger partial charge in [-0.1, -0.05) is 6.07 Å². The second-order valence-electron chi connectivity index (χ2n) is 7.67. The Hall–Kier alpha value is -2.86. The SMILES string of the molecule is CC(C)N1CCCN(c2ccc(-c3nc4c(C(N)=O)cccc4[nH]3)cc2)CC1. The number of fused-ring (bicyclic) bond motifs is 1. The molecule has 0 aliphatic carbocycles. The lowest BCUT2D eigenvalue weighted by Gasteiger charge is -2.25. The molecule has 1 aliphatic heterocycles. The smallest absolute Gasteiger partial charge is 0.250 e. The van der Waals surface area contributed by atoms with Crippen molar-refractivity contribution in [2.24, 2.45) is 5.73 Å². The van der Waals surface area contributed by atoms with E-state index in [9.17, 15) is 4.79 Å². The van der Waals surface area contributed by atoms with Crippen LogP contribution in [0, 0.1) is 0 Å². The summed E-state index contributed by atoms with van der Waals surface area (Å²) < 4.78 is 0. The van der Waals surface area contributed by atoms with Crippen LogP contribution >= 0.6 is 0 Å². The van der Waals surface area contributed by atoms with E-state index < -0.39 is 5.91 Å². The van der Waals surface area contributed by atoms with E-state index in [1.54, 1.807) is 6.07 Å². The van der Waals surface area contributed by atoms with E-state index in [-0.39, 0.29) is 0 Å². The highest BCUT2D eigenvalue weighted by molar-refractivity contribution is 6.04. The number of amides is 1. The van der Waals surface area contributed by atoms with Crippen molar-refractivity contribution in [3.63, 3.8) is 0 Å². The van der Waals surface area contributed by atoms with Crippen LogP contribution in [0.2, 0.25) is 0 Å². The Morgan fingerprint density at radius 2 is 1.86 bits per heavy atom. The fourth-order valence-corrected chi connectivity index (χ4v) is 3.91. The maximum absolute atomic E-state index is 11.6. The van der Waals surface area contributed by atoms with Crippen molar-refractivity contribution < 1.29 is 4.79 Å². The van der Waals surface area contributed by atoms with Gasteiger partial charge in [0.2, 0.25) is 0 Å². The quantitative estimate of drug-likeness (QED) is 0.732. The fraction of sp³-hybridized carbons (Fsp3) is 0.364. The van der Waals surface area contributed by atoms with Crippen molar-refractivity contribution in [1.29, 1.82) is 0 Å². The highest BCUT2D eigenvalue weighted by Crippen LogP contribution is 2.25. The molecular weight excluding hydrogens is 350 g/mol. The first kappa shape index (κ1) is 18.5. The maximum Gasteiger partial charge on any atom is 0.250 e. The second kappa shape index (κ2) is 7.64. The van der Waals surface area contributed by atoms with Crippen LogP contribution in [-0.4, -0.2) is 53.0 Å². The van der Waals surface area contributed by atoms with Crippen LogP contribution < -0.4 is 10.6 Å². The zero-order chi connectivity index (χ0) is 19.7. The molecule has 1 fully saturated rings. The molecule has 0 saturated carbocycles. The number of H-pyrrole nitrogens is 1. The summed E-state index contributed by atoms with van der Waals surface area (Å²) >= 11 is 0. The normalized spacial score (nSPS) is 15.9. The molecule has 146 valence electrons. The Morgan fingerprint density at radius 3 is 2.57 bits per heavy atom. The summed E-state index contributed by atoms with van der Waals surface area (Å²) in [5.41, 5.74) is 9.58. The van der Waals surface area contributed by atoms with E-state index in [4.69, 9.17) is 5.73 Å². The highest BCUT2D eigenvalue weighted by Gasteiger charge is 2.17. The number of aromatic nitrogens is 2. The van der Waals surface area contributed by atoms with Crippen LogP contribution in [0.5, 0.6) is 0 Å². The first-order valence-corrected chi connectivity index (χ1v) is 9.91. The number of primary amides is 1. The summed E-state index contributed by atoms with van der Waals surface area (Å²) in [5, 5.41) is 0. The minimum atomic E-state index is -0.462. The fourth-order valence-electron chi connectivity index (χ4n) is 3.91. The molecule has 1 aromatic heterocycles. The first-order chi connectivity index (χ1) is 13.5. The van der Waals surface area contributed by atoms with Crippen LogP contribution in [0.4, 0.5) is 5.69 Å². The molecule has 3 aromatic rings. The third-order valence-electron chi connectivity index (χ3n) is 5.54. The van der Waals surface area contributed by atoms with Gasteiger partial charge in [0.1, 0.15) is 11.3 Å². The standard InChI is InChI=1S/C22H27N5O/c1-15(2)26-11-4-12-27(14-13-26)17-9-7-16(8-10-17)22-24-19-6-3-5-18(21(23)28)20(19)25-22/h3,5-10,15H,4,11-14H2,1-2H3,(H2,23,28)(H,24,25). The van der Waals surface area contributed by atoms with Crippen LogP contribution in [0.15, 0.2) is 42.5 Å². The van der Waals surface area contributed by atoms with Crippen LogP contribution in [-0.2, 0) is 0 Å². The predicted octanol–water partition coefficient (Wildman–Crippen LogP) is 3.25. The third kappa shape index (κ3) is 3.60. The number of imidazole rings is 1. The van der Waals surface area contributed by atoms with Crippen molar-refractivity contribution in [3.8, 4) is 11.4 Å². The molecule has 28 heavy (non-hydrogen) atoms. The van der Waals surface area contributed by atoms with Gasteiger partial charge < -0.3 is 15.6 Å². The Labute approximate surface area is 165 Å². The van der Waals surface area contributed by atoms with E-state index >= 15 is 0 Å². The van der Waals surface area contributed by atoms with Gasteiger partial charge in [0.15, 0.2) is 0 Å². The molecular formula is C22H27N5O. The molecule has 0 atom stereocenters. The van der Waals surface area contributed by atoms with Crippen molar-refractivity contribution in [2.75, 3.05) is 31.1 Å². The summed E-state index contributed by atoms with van der Waals surface area (Å²) in [7, 11) is 0. The van der Waals surface area contributed by atoms with Gasteiger partial charge in [0.05, 0.1) is 11.1 Å². The first-order valence-electron chi connectivity index (χ1n) is 9.91. The number of hydrogen-bond acceptors (Lipinski definition) is 4. The van der Waals surface area contributed by atoms with E-state index in [0.717, 1.165) is 43.1 Å². The average molecular weight is 377 g/mol. The number of benzene rings is 2. The van der Waals surface area contributed by atoms with Crippen molar-refractivity contribution in [3.05, 3.63) is 48.0 Å². The lowest BCUT2D eigenvalue weighted by molar-refractivity contribution is 0.100. The second-order valence-corrected chi connectivity index (χ2v) is 7.67. The van der Waals surface area contributed by atoms with Gasteiger partial charge >= 0.3 is 0 Å². The van der Waals surface area contributed by atoms with Gasteiger partial charge in [-0.05, 0) is 56.7 Å². The van der Waals surface area contributed by atoms with Crippen molar-refractivity contribution in [2.45, 2.75) is 26.3 Å². The number of carbonyl (C=O) groups excluding carboxylic acids is 1. The Kier molecular flexibility index (Phi) is 5.05. The Morgan fingerprint density at radius 1 is 1.07 bits per heavy atom. The summed E-state index contributed by atoms with van der Waals surface area (Å²) in [4.78, 5) is 24.5. The van der Waals surface area contributed by atoms with Crippen LogP contribution in [0.1, 0.15) is 30.6 Å². The number of anilines is 1. The van der Waals surface area contributed by atoms with Gasteiger partial charge in [-0.25, -0.2) is 4.98 Å². The minimum absolute atomic E-state index is 0.441. The van der Waals surface area contributed by atoms with Crippen molar-refractivity contribution in [1.82, 2.24) is 14.9 Å². The van der Waals surface area contributed by atoms with Gasteiger partial charge in [-0.15, -0.1) is 0 Å². The minimum Gasteiger partial charge on any atom is -0.370 e. The number of para-hydroxylation sites is 1. The summed E-state index contributed by atoms with van der Waals surface area (Å²) in [6.07, 6.45) is 1.18. The highest BCUT2D eigenvalue weighted by atomic mass is 16.1. The van der Waals surface area contributed by atoms with E-state index in [1.165, 1.54) is 12.1 Å². The number of hydrogen-bond donors (Lipinski definition) is 2. The monoisotopic (exact) mass is 377 g/mol. The molecule has 2 aromatic carbocycles. The average Bonchev–Trinajstić information content (AvgIpc) is 2.97. The summed E-state index contributed by atoms with van der Waals surface area (Å²) in [5.74, 6) is 0.285. The van der Waals surface area contributed by atoms with E-state index in [1.807, 2.05) is 12.1 Å². The molecule has 6 heteroatoms. The van der Waals surface area contributed by atoms with E-state index in [2.05, 4.69) is 57.9 Å². The Balaban J connectivity index is 1.56. The summed E-state index contributed by atoms with van der Waals surface area (Å²) in [6, 6.07) is 14.5. The molecule has 0 unspecified atom stereocenters. The molecule has 1 amide bonds. The topological polar surface area (TPSA) is 78.2 Å². The molecule has 4 rings (SSSR count). The zero-order valence-electron chi connectivity index (χ0n) is 16.5. The lowest BCUT2D eigenvalue weighted by Crippen LogP contribution is -2.35. The molecule has 0 radical (unpaired) electrons. The van der Waals surface area contributed by atoms with Crippen LogP contribution in [0.3, 0.4) is 0 Å². The molecule has 0 bridgehead atoms. The molecule has 0 spiro atoms. The molecule has 1 saturated heterocycles. The molecule has 1 aliphatic rings. The Bertz CT molecular complexity index is 976. The summed E-state index contributed by atoms with van der Waals surface area (Å²) in [6.45, 7) is 8.91. The van der Waals surface area contributed by atoms with Gasteiger partial charge in [-0.2, -0.15) is 0 Å². The predicted molar refractivity (Wildman–Crippen MR) is 114 cm³/mol. The largest absolute Gasteiger partial charge is 0.370 e. The molecule has 6 nitrogen and oxygen atoms in total. The number of nitrogens with zero attached hydrogens (tertiary/aromatic N) is 3. The zero-order valence-corrected chi connectivity index (χ0v) is 16.5. The van der Waals surface area contributed by atoms with Crippen molar-refractivity contribution >= 4 is 22.6 Å².